The number of alkyl halides is 3. The van der Waals surface area contributed by atoms with Crippen molar-refractivity contribution in [3.63, 3.8) is 0 Å². The van der Waals surface area contributed by atoms with E-state index in [1.165, 1.54) is 0 Å². The van der Waals surface area contributed by atoms with Gasteiger partial charge < -0.3 is 5.11 Å². The highest BCUT2D eigenvalue weighted by Gasteiger charge is 2.37. The molecule has 0 bridgehead atoms. The lowest BCUT2D eigenvalue weighted by Crippen LogP contribution is -2.28. The number of sulfonamides is 1. The van der Waals surface area contributed by atoms with Gasteiger partial charge in [-0.15, -0.1) is 0 Å². The summed E-state index contributed by atoms with van der Waals surface area (Å²) >= 11 is 5.50. The Morgan fingerprint density at radius 2 is 1.95 bits per heavy atom. The maximum absolute atomic E-state index is 12.7. The fourth-order valence-corrected chi connectivity index (χ4v) is 2.84. The SMILES string of the molecule is O=C(O)CCNS(=O)(=O)c1cc(Cl)ccc1C(F)(F)F. The first-order valence-electron chi connectivity index (χ1n) is 5.12. The van der Waals surface area contributed by atoms with Crippen molar-refractivity contribution in [2.45, 2.75) is 17.5 Å². The molecule has 0 aliphatic heterocycles. The summed E-state index contributed by atoms with van der Waals surface area (Å²) in [6.45, 7) is -0.526. The second-order valence-electron chi connectivity index (χ2n) is 3.68. The predicted molar refractivity (Wildman–Crippen MR) is 63.9 cm³/mol. The minimum absolute atomic E-state index is 0.184. The van der Waals surface area contributed by atoms with Crippen molar-refractivity contribution in [3.05, 3.63) is 28.8 Å². The van der Waals surface area contributed by atoms with Gasteiger partial charge in [-0.3, -0.25) is 4.79 Å². The Hall–Kier alpha value is -1.32. The number of carboxylic acid groups (broad SMARTS) is 1. The molecule has 1 aromatic carbocycles. The average Bonchev–Trinajstić information content (AvgIpc) is 2.26. The summed E-state index contributed by atoms with van der Waals surface area (Å²) in [4.78, 5) is 9.23. The standard InChI is InChI=1S/C10H9ClF3NO4S/c11-6-1-2-7(10(12,13)14)8(5-6)20(18,19)15-4-3-9(16)17/h1-2,5,15H,3-4H2,(H,16,17). The van der Waals surface area contributed by atoms with Crippen molar-refractivity contribution in [3.8, 4) is 0 Å². The third-order valence-corrected chi connectivity index (χ3v) is 3.91. The number of hydrogen-bond acceptors (Lipinski definition) is 3. The van der Waals surface area contributed by atoms with Crippen molar-refractivity contribution in [2.24, 2.45) is 0 Å². The topological polar surface area (TPSA) is 83.5 Å². The van der Waals surface area contributed by atoms with Crippen molar-refractivity contribution in [2.75, 3.05) is 6.54 Å². The number of hydrogen-bond donors (Lipinski definition) is 2. The molecule has 0 unspecified atom stereocenters. The quantitative estimate of drug-likeness (QED) is 0.865. The Kier molecular flexibility index (Phi) is 5.00. The summed E-state index contributed by atoms with van der Waals surface area (Å²) in [5.74, 6) is -1.28. The molecule has 112 valence electrons. The molecule has 20 heavy (non-hydrogen) atoms. The Bertz CT molecular complexity index is 615. The first-order valence-corrected chi connectivity index (χ1v) is 6.98. The van der Waals surface area contributed by atoms with Gasteiger partial charge in [-0.2, -0.15) is 13.2 Å². The van der Waals surface area contributed by atoms with E-state index in [0.29, 0.717) is 12.1 Å². The number of halogens is 4. The number of carboxylic acids is 1. The molecule has 0 aromatic heterocycles. The van der Waals surface area contributed by atoms with Crippen LogP contribution < -0.4 is 4.72 Å². The summed E-state index contributed by atoms with van der Waals surface area (Å²) in [6.07, 6.45) is -5.43. The molecule has 0 aliphatic rings. The highest BCUT2D eigenvalue weighted by atomic mass is 35.5. The highest BCUT2D eigenvalue weighted by Crippen LogP contribution is 2.35. The highest BCUT2D eigenvalue weighted by molar-refractivity contribution is 7.89. The summed E-state index contributed by atoms with van der Waals surface area (Å²) in [6, 6.07) is 2.13. The Morgan fingerprint density at radius 3 is 2.45 bits per heavy atom. The van der Waals surface area contributed by atoms with E-state index in [1.807, 2.05) is 0 Å². The molecule has 0 amide bonds. The monoisotopic (exact) mass is 331 g/mol. The zero-order chi connectivity index (χ0) is 15.6. The van der Waals surface area contributed by atoms with Crippen LogP contribution in [0, 0.1) is 0 Å². The first kappa shape index (κ1) is 16.7. The minimum atomic E-state index is -4.87. The van der Waals surface area contributed by atoms with E-state index in [0.717, 1.165) is 6.07 Å². The van der Waals surface area contributed by atoms with Crippen molar-refractivity contribution in [1.29, 1.82) is 0 Å². The molecular formula is C10H9ClF3NO4S. The van der Waals surface area contributed by atoms with E-state index >= 15 is 0 Å². The Balaban J connectivity index is 3.17. The van der Waals surface area contributed by atoms with Crippen LogP contribution in [0.3, 0.4) is 0 Å². The van der Waals surface area contributed by atoms with Gasteiger partial charge in [-0.1, -0.05) is 11.6 Å². The van der Waals surface area contributed by atoms with Crippen molar-refractivity contribution < 1.29 is 31.5 Å². The van der Waals surface area contributed by atoms with Crippen LogP contribution in [0.15, 0.2) is 23.1 Å². The number of benzene rings is 1. The minimum Gasteiger partial charge on any atom is -0.481 e. The van der Waals surface area contributed by atoms with Crippen LogP contribution in [0.2, 0.25) is 5.02 Å². The second kappa shape index (κ2) is 5.98. The smallest absolute Gasteiger partial charge is 0.417 e. The molecule has 0 saturated heterocycles. The maximum atomic E-state index is 12.7. The molecule has 5 nitrogen and oxygen atoms in total. The molecule has 0 aliphatic carbocycles. The summed E-state index contributed by atoms with van der Waals surface area (Å²) in [7, 11) is -4.51. The predicted octanol–water partition coefficient (Wildman–Crippen LogP) is 2.11. The molecule has 0 fully saturated rings. The van der Waals surface area contributed by atoms with Gasteiger partial charge in [0.1, 0.15) is 0 Å². The summed E-state index contributed by atoms with van der Waals surface area (Å²) < 4.78 is 63.5. The third kappa shape index (κ3) is 4.36. The van der Waals surface area contributed by atoms with Gasteiger partial charge in [0.15, 0.2) is 0 Å². The van der Waals surface area contributed by atoms with Crippen LogP contribution in [-0.4, -0.2) is 26.0 Å². The van der Waals surface area contributed by atoms with Crippen LogP contribution >= 0.6 is 11.6 Å². The van der Waals surface area contributed by atoms with Gasteiger partial charge in [-0.25, -0.2) is 13.1 Å². The first-order chi connectivity index (χ1) is 9.04. The van der Waals surface area contributed by atoms with E-state index in [1.54, 1.807) is 4.72 Å². The molecule has 1 aromatic rings. The molecule has 0 saturated carbocycles. The van der Waals surface area contributed by atoms with Gasteiger partial charge in [0.25, 0.3) is 0 Å². The van der Waals surface area contributed by atoms with Gasteiger partial charge in [0, 0.05) is 11.6 Å². The van der Waals surface area contributed by atoms with Gasteiger partial charge in [0.2, 0.25) is 10.0 Å². The second-order valence-corrected chi connectivity index (χ2v) is 5.85. The van der Waals surface area contributed by atoms with Crippen LogP contribution in [0.5, 0.6) is 0 Å². The van der Waals surface area contributed by atoms with Gasteiger partial charge in [-0.05, 0) is 18.2 Å². The van der Waals surface area contributed by atoms with Crippen LogP contribution in [-0.2, 0) is 21.0 Å². The Morgan fingerprint density at radius 1 is 1.35 bits per heavy atom. The average molecular weight is 332 g/mol. The van der Waals surface area contributed by atoms with E-state index < -0.39 is 45.6 Å². The van der Waals surface area contributed by atoms with E-state index in [9.17, 15) is 26.4 Å². The van der Waals surface area contributed by atoms with Gasteiger partial charge in [0.05, 0.1) is 16.9 Å². The lowest BCUT2D eigenvalue weighted by atomic mass is 10.2. The van der Waals surface area contributed by atoms with Crippen LogP contribution in [0.4, 0.5) is 13.2 Å². The number of rotatable bonds is 5. The zero-order valence-electron chi connectivity index (χ0n) is 9.74. The Labute approximate surface area is 117 Å². The molecule has 0 spiro atoms. The summed E-state index contributed by atoms with van der Waals surface area (Å²) in [5, 5.41) is 8.19. The number of carbonyl (C=O) groups is 1. The molecule has 0 radical (unpaired) electrons. The lowest BCUT2D eigenvalue weighted by Gasteiger charge is -2.13. The largest absolute Gasteiger partial charge is 0.481 e. The normalized spacial score (nSPS) is 12.4. The van der Waals surface area contributed by atoms with Crippen molar-refractivity contribution in [1.82, 2.24) is 4.72 Å². The van der Waals surface area contributed by atoms with E-state index in [2.05, 4.69) is 0 Å². The third-order valence-electron chi connectivity index (χ3n) is 2.17. The molecule has 0 heterocycles. The van der Waals surface area contributed by atoms with Crippen LogP contribution in [0.1, 0.15) is 12.0 Å². The van der Waals surface area contributed by atoms with E-state index in [-0.39, 0.29) is 5.02 Å². The maximum Gasteiger partial charge on any atom is 0.417 e. The van der Waals surface area contributed by atoms with Crippen molar-refractivity contribution >= 4 is 27.6 Å². The number of aliphatic carboxylic acids is 1. The summed E-state index contributed by atoms with van der Waals surface area (Å²) in [5.41, 5.74) is -1.37. The van der Waals surface area contributed by atoms with Gasteiger partial charge >= 0.3 is 12.1 Å². The molecule has 10 heteroatoms. The molecule has 1 rings (SSSR count). The molecule has 0 atom stereocenters. The van der Waals surface area contributed by atoms with E-state index in [4.69, 9.17) is 16.7 Å². The molecule has 2 N–H and O–H groups in total. The zero-order valence-corrected chi connectivity index (χ0v) is 11.3. The molecular weight excluding hydrogens is 323 g/mol. The fraction of sp³-hybridized carbons (Fsp3) is 0.300. The van der Waals surface area contributed by atoms with Crippen LogP contribution in [0.25, 0.3) is 0 Å². The number of nitrogens with one attached hydrogen (secondary N) is 1. The fourth-order valence-electron chi connectivity index (χ4n) is 1.32. The lowest BCUT2D eigenvalue weighted by molar-refractivity contribution is -0.140.